The van der Waals surface area contributed by atoms with E-state index in [0.29, 0.717) is 5.75 Å². The fraction of sp³-hybridized carbons (Fsp3) is 0.250. The largest absolute Gasteiger partial charge is 0.508 e. The molecular formula is C12H15NO2S. The van der Waals surface area contributed by atoms with Crippen molar-refractivity contribution in [3.05, 3.63) is 35.9 Å². The summed E-state index contributed by atoms with van der Waals surface area (Å²) in [4.78, 5) is 11.4. The zero-order valence-electron chi connectivity index (χ0n) is 9.09. The second-order valence-corrected chi connectivity index (χ2v) is 4.56. The molecule has 0 aliphatic rings. The molecule has 1 aromatic rings. The van der Waals surface area contributed by atoms with Crippen LogP contribution in [0.2, 0.25) is 0 Å². The molecule has 0 saturated carbocycles. The Kier molecular flexibility index (Phi) is 5.08. The van der Waals surface area contributed by atoms with Crippen LogP contribution in [-0.2, 0) is 4.79 Å². The SMILES string of the molecule is CC(N)CSC(=O)/C=C/c1ccc(O)cc1. The van der Waals surface area contributed by atoms with Gasteiger partial charge in [-0.1, -0.05) is 30.0 Å². The van der Waals surface area contributed by atoms with Crippen molar-refractivity contribution in [3.63, 3.8) is 0 Å². The summed E-state index contributed by atoms with van der Waals surface area (Å²) in [6.07, 6.45) is 3.23. The van der Waals surface area contributed by atoms with E-state index in [0.717, 1.165) is 5.56 Å². The van der Waals surface area contributed by atoms with Gasteiger partial charge in [-0.3, -0.25) is 4.79 Å². The lowest BCUT2D eigenvalue weighted by Gasteiger charge is -2.00. The highest BCUT2D eigenvalue weighted by molar-refractivity contribution is 8.14. The van der Waals surface area contributed by atoms with Crippen LogP contribution in [0.5, 0.6) is 5.75 Å². The number of benzene rings is 1. The Balaban J connectivity index is 2.47. The molecule has 3 N–H and O–H groups in total. The maximum Gasteiger partial charge on any atom is 0.212 e. The zero-order chi connectivity index (χ0) is 12.0. The second-order valence-electron chi connectivity index (χ2n) is 3.53. The number of thioether (sulfide) groups is 1. The van der Waals surface area contributed by atoms with Crippen molar-refractivity contribution >= 4 is 23.0 Å². The predicted octanol–water partition coefficient (Wildman–Crippen LogP) is 2.01. The highest BCUT2D eigenvalue weighted by Gasteiger charge is 2.00. The lowest BCUT2D eigenvalue weighted by atomic mass is 10.2. The summed E-state index contributed by atoms with van der Waals surface area (Å²) in [5.41, 5.74) is 6.42. The number of aromatic hydroxyl groups is 1. The van der Waals surface area contributed by atoms with E-state index < -0.39 is 0 Å². The summed E-state index contributed by atoms with van der Waals surface area (Å²) in [5.74, 6) is 0.841. The number of hydrogen-bond acceptors (Lipinski definition) is 4. The van der Waals surface area contributed by atoms with Crippen LogP contribution in [0.3, 0.4) is 0 Å². The van der Waals surface area contributed by atoms with E-state index in [-0.39, 0.29) is 16.9 Å². The molecule has 0 saturated heterocycles. The zero-order valence-corrected chi connectivity index (χ0v) is 9.91. The van der Waals surface area contributed by atoms with Gasteiger partial charge in [-0.05, 0) is 30.7 Å². The molecule has 0 fully saturated rings. The van der Waals surface area contributed by atoms with Gasteiger partial charge in [-0.25, -0.2) is 0 Å². The van der Waals surface area contributed by atoms with E-state index in [2.05, 4.69) is 0 Å². The van der Waals surface area contributed by atoms with Crippen LogP contribution in [0.15, 0.2) is 30.3 Å². The van der Waals surface area contributed by atoms with Gasteiger partial charge in [0.2, 0.25) is 5.12 Å². The fourth-order valence-electron chi connectivity index (χ4n) is 1.01. The molecule has 0 amide bonds. The van der Waals surface area contributed by atoms with Gasteiger partial charge in [-0.15, -0.1) is 0 Å². The minimum absolute atomic E-state index is 0.00891. The van der Waals surface area contributed by atoms with E-state index >= 15 is 0 Å². The summed E-state index contributed by atoms with van der Waals surface area (Å²) < 4.78 is 0. The molecule has 0 aliphatic heterocycles. The van der Waals surface area contributed by atoms with Crippen LogP contribution in [0, 0.1) is 0 Å². The van der Waals surface area contributed by atoms with Gasteiger partial charge in [0.1, 0.15) is 5.75 Å². The molecule has 16 heavy (non-hydrogen) atoms. The van der Waals surface area contributed by atoms with Gasteiger partial charge in [0.15, 0.2) is 0 Å². The molecule has 1 rings (SSSR count). The summed E-state index contributed by atoms with van der Waals surface area (Å²) in [6, 6.07) is 6.68. The average molecular weight is 237 g/mol. The molecule has 0 radical (unpaired) electrons. The Morgan fingerprint density at radius 1 is 1.50 bits per heavy atom. The first-order valence-electron chi connectivity index (χ1n) is 4.97. The van der Waals surface area contributed by atoms with Crippen LogP contribution in [0.4, 0.5) is 0 Å². The molecular weight excluding hydrogens is 222 g/mol. The van der Waals surface area contributed by atoms with Gasteiger partial charge in [-0.2, -0.15) is 0 Å². The third kappa shape index (κ3) is 5.00. The quantitative estimate of drug-likeness (QED) is 0.786. The second kappa shape index (κ2) is 6.35. The van der Waals surface area contributed by atoms with E-state index in [1.54, 1.807) is 30.3 Å². The number of phenols is 1. The molecule has 4 heteroatoms. The Labute approximate surface area is 99.4 Å². The fourth-order valence-corrected chi connectivity index (χ4v) is 1.60. The number of phenolic OH excluding ortho intramolecular Hbond substituents is 1. The average Bonchev–Trinajstić information content (AvgIpc) is 2.25. The third-order valence-corrected chi connectivity index (χ3v) is 2.91. The van der Waals surface area contributed by atoms with Crippen molar-refractivity contribution in [3.8, 4) is 5.75 Å². The van der Waals surface area contributed by atoms with Crippen LogP contribution < -0.4 is 5.73 Å². The van der Waals surface area contributed by atoms with E-state index in [1.807, 2.05) is 6.92 Å². The van der Waals surface area contributed by atoms with Crippen LogP contribution >= 0.6 is 11.8 Å². The highest BCUT2D eigenvalue weighted by atomic mass is 32.2. The number of nitrogens with two attached hydrogens (primary N) is 1. The molecule has 1 aromatic carbocycles. The van der Waals surface area contributed by atoms with Crippen LogP contribution in [0.25, 0.3) is 6.08 Å². The Morgan fingerprint density at radius 2 is 2.12 bits per heavy atom. The molecule has 3 nitrogen and oxygen atoms in total. The first-order valence-corrected chi connectivity index (χ1v) is 5.96. The van der Waals surface area contributed by atoms with Crippen molar-refractivity contribution in [1.82, 2.24) is 0 Å². The third-order valence-electron chi connectivity index (χ3n) is 1.79. The predicted molar refractivity (Wildman–Crippen MR) is 68.3 cm³/mol. The van der Waals surface area contributed by atoms with E-state index in [4.69, 9.17) is 10.8 Å². The maximum absolute atomic E-state index is 11.4. The summed E-state index contributed by atoms with van der Waals surface area (Å²) in [7, 11) is 0. The van der Waals surface area contributed by atoms with Crippen molar-refractivity contribution in [1.29, 1.82) is 0 Å². The van der Waals surface area contributed by atoms with Gasteiger partial charge in [0.25, 0.3) is 0 Å². The normalized spacial score (nSPS) is 12.9. The first-order chi connectivity index (χ1) is 7.58. The number of hydrogen-bond donors (Lipinski definition) is 2. The summed E-state index contributed by atoms with van der Waals surface area (Å²) in [6.45, 7) is 1.87. The minimum Gasteiger partial charge on any atom is -0.508 e. The number of carbonyl (C=O) groups is 1. The molecule has 86 valence electrons. The van der Waals surface area contributed by atoms with Crippen molar-refractivity contribution in [2.45, 2.75) is 13.0 Å². The molecule has 0 spiro atoms. The summed E-state index contributed by atoms with van der Waals surface area (Å²) in [5, 5.41) is 9.06. The van der Waals surface area contributed by atoms with E-state index in [1.165, 1.54) is 17.8 Å². The van der Waals surface area contributed by atoms with Gasteiger partial charge < -0.3 is 10.8 Å². The maximum atomic E-state index is 11.4. The van der Waals surface area contributed by atoms with Gasteiger partial charge in [0, 0.05) is 11.8 Å². The standard InChI is InChI=1S/C12H15NO2S/c1-9(13)8-16-12(15)7-4-10-2-5-11(14)6-3-10/h2-7,9,14H,8,13H2,1H3/b7-4+. The number of carbonyl (C=O) groups excluding carboxylic acids is 1. The Morgan fingerprint density at radius 3 is 2.69 bits per heavy atom. The topological polar surface area (TPSA) is 63.3 Å². The van der Waals surface area contributed by atoms with Crippen molar-refractivity contribution in [2.24, 2.45) is 5.73 Å². The molecule has 0 aliphatic carbocycles. The van der Waals surface area contributed by atoms with Crippen molar-refractivity contribution < 1.29 is 9.90 Å². The van der Waals surface area contributed by atoms with E-state index in [9.17, 15) is 4.79 Å². The lowest BCUT2D eigenvalue weighted by Crippen LogP contribution is -2.18. The van der Waals surface area contributed by atoms with Crippen LogP contribution in [-0.4, -0.2) is 22.0 Å². The molecule has 1 atom stereocenters. The smallest absolute Gasteiger partial charge is 0.212 e. The van der Waals surface area contributed by atoms with Crippen molar-refractivity contribution in [2.75, 3.05) is 5.75 Å². The van der Waals surface area contributed by atoms with Crippen LogP contribution in [0.1, 0.15) is 12.5 Å². The summed E-state index contributed by atoms with van der Waals surface area (Å²) >= 11 is 1.21. The van der Waals surface area contributed by atoms with Gasteiger partial charge in [0.05, 0.1) is 0 Å². The molecule has 0 bridgehead atoms. The highest BCUT2D eigenvalue weighted by Crippen LogP contribution is 2.12. The Bertz CT molecular complexity index is 371. The lowest BCUT2D eigenvalue weighted by molar-refractivity contribution is -0.107. The minimum atomic E-state index is -0.00891. The molecule has 1 unspecified atom stereocenters. The number of rotatable bonds is 4. The monoisotopic (exact) mass is 237 g/mol. The van der Waals surface area contributed by atoms with Gasteiger partial charge >= 0.3 is 0 Å². The molecule has 0 aromatic heterocycles. The molecule has 0 heterocycles. The first kappa shape index (κ1) is 12.8. The Hall–Kier alpha value is -1.26.